The van der Waals surface area contributed by atoms with Crippen molar-refractivity contribution >= 4 is 34.0 Å². The number of thiophene rings is 1. The molecule has 23 heavy (non-hydrogen) atoms. The van der Waals surface area contributed by atoms with Crippen LogP contribution in [0.5, 0.6) is 0 Å². The van der Waals surface area contributed by atoms with Gasteiger partial charge in [0.15, 0.2) is 0 Å². The Morgan fingerprint density at radius 2 is 1.91 bits per heavy atom. The second kappa shape index (κ2) is 6.54. The lowest BCUT2D eigenvalue weighted by atomic mass is 10.2. The van der Waals surface area contributed by atoms with Crippen molar-refractivity contribution in [1.82, 2.24) is 9.97 Å². The first-order valence-corrected chi connectivity index (χ1v) is 9.06. The number of hydrogen-bond donors (Lipinski definition) is 2. The smallest absolute Gasteiger partial charge is 0.225 e. The highest BCUT2D eigenvalue weighted by molar-refractivity contribution is 7.09. The lowest BCUT2D eigenvalue weighted by Gasteiger charge is -2.16. The Labute approximate surface area is 140 Å². The Hall–Kier alpha value is -2.14. The summed E-state index contributed by atoms with van der Waals surface area (Å²) in [6.07, 6.45) is 5.08. The molecular formula is C18H20N4S. The molecule has 0 unspecified atom stereocenters. The van der Waals surface area contributed by atoms with Gasteiger partial charge in [0.25, 0.3) is 0 Å². The molecule has 0 radical (unpaired) electrons. The predicted molar refractivity (Wildman–Crippen MR) is 97.1 cm³/mol. The topological polar surface area (TPSA) is 49.8 Å². The fraction of sp³-hybridized carbons (Fsp3) is 0.333. The van der Waals surface area contributed by atoms with Crippen molar-refractivity contribution < 1.29 is 0 Å². The summed E-state index contributed by atoms with van der Waals surface area (Å²) in [5, 5.41) is 10.2. The molecular weight excluding hydrogens is 304 g/mol. The van der Waals surface area contributed by atoms with Gasteiger partial charge in [-0.1, -0.05) is 31.0 Å². The molecule has 4 nitrogen and oxygen atoms in total. The zero-order valence-electron chi connectivity index (χ0n) is 13.0. The van der Waals surface area contributed by atoms with Crippen molar-refractivity contribution in [2.75, 3.05) is 10.6 Å². The van der Waals surface area contributed by atoms with E-state index in [0.717, 1.165) is 23.3 Å². The third-order valence-electron chi connectivity index (χ3n) is 4.30. The number of nitrogens with zero attached hydrogens (tertiary/aromatic N) is 2. The first-order chi connectivity index (χ1) is 11.4. The van der Waals surface area contributed by atoms with Gasteiger partial charge in [0.1, 0.15) is 5.82 Å². The molecule has 2 N–H and O–H groups in total. The van der Waals surface area contributed by atoms with Gasteiger partial charge in [-0.15, -0.1) is 11.3 Å². The molecule has 0 atom stereocenters. The number of aromatic nitrogens is 2. The number of fused-ring (bicyclic) bond motifs is 1. The van der Waals surface area contributed by atoms with Crippen LogP contribution in [0.3, 0.4) is 0 Å². The van der Waals surface area contributed by atoms with Crippen LogP contribution in [0.15, 0.2) is 41.8 Å². The summed E-state index contributed by atoms with van der Waals surface area (Å²) in [5.41, 5.74) is 0.983. The van der Waals surface area contributed by atoms with Gasteiger partial charge in [0.2, 0.25) is 5.95 Å². The van der Waals surface area contributed by atoms with Crippen LogP contribution in [-0.2, 0) is 6.54 Å². The van der Waals surface area contributed by atoms with Gasteiger partial charge in [-0.2, -0.15) is 4.98 Å². The first kappa shape index (κ1) is 14.5. The molecule has 2 heterocycles. The molecule has 0 amide bonds. The van der Waals surface area contributed by atoms with E-state index in [0.29, 0.717) is 12.0 Å². The zero-order chi connectivity index (χ0) is 15.5. The molecule has 3 aromatic rings. The van der Waals surface area contributed by atoms with Gasteiger partial charge in [0, 0.05) is 16.3 Å². The van der Waals surface area contributed by atoms with E-state index < -0.39 is 0 Å². The molecule has 0 aliphatic heterocycles. The second-order valence-electron chi connectivity index (χ2n) is 5.97. The van der Waals surface area contributed by atoms with Gasteiger partial charge < -0.3 is 10.6 Å². The largest absolute Gasteiger partial charge is 0.367 e. The maximum absolute atomic E-state index is 4.74. The molecule has 2 aromatic heterocycles. The number of nitrogens with one attached hydrogen (secondary N) is 2. The SMILES string of the molecule is c1csc(CNc2nc(NC3CCCC3)c3ccccc3n2)c1. The molecule has 1 aliphatic carbocycles. The minimum atomic E-state index is 0.540. The monoisotopic (exact) mass is 324 g/mol. The van der Waals surface area contributed by atoms with Gasteiger partial charge in [0.05, 0.1) is 12.1 Å². The maximum atomic E-state index is 4.74. The standard InChI is InChI=1S/C18H20N4S/c1-2-7-13(6-1)20-17-15-9-3-4-10-16(15)21-18(22-17)19-12-14-8-5-11-23-14/h3-5,8-11,13H,1-2,6-7,12H2,(H2,19,20,21,22). The van der Waals surface area contributed by atoms with E-state index >= 15 is 0 Å². The van der Waals surface area contributed by atoms with Crippen LogP contribution in [0.2, 0.25) is 0 Å². The molecule has 5 heteroatoms. The fourth-order valence-corrected chi connectivity index (χ4v) is 3.75. The molecule has 4 rings (SSSR count). The summed E-state index contributed by atoms with van der Waals surface area (Å²) >= 11 is 1.74. The van der Waals surface area contributed by atoms with Crippen LogP contribution in [-0.4, -0.2) is 16.0 Å². The van der Waals surface area contributed by atoms with Crippen LogP contribution in [0, 0.1) is 0 Å². The minimum Gasteiger partial charge on any atom is -0.367 e. The van der Waals surface area contributed by atoms with E-state index in [1.54, 1.807) is 11.3 Å². The van der Waals surface area contributed by atoms with E-state index in [2.05, 4.69) is 39.2 Å². The molecule has 118 valence electrons. The normalized spacial score (nSPS) is 15.1. The van der Waals surface area contributed by atoms with Crippen molar-refractivity contribution in [2.45, 2.75) is 38.3 Å². The van der Waals surface area contributed by atoms with E-state index in [1.807, 2.05) is 18.2 Å². The van der Waals surface area contributed by atoms with E-state index in [9.17, 15) is 0 Å². The summed E-state index contributed by atoms with van der Waals surface area (Å²) in [5.74, 6) is 1.65. The first-order valence-electron chi connectivity index (χ1n) is 8.18. The van der Waals surface area contributed by atoms with E-state index in [1.165, 1.54) is 30.6 Å². The van der Waals surface area contributed by atoms with Crippen LogP contribution in [0.1, 0.15) is 30.6 Å². The van der Waals surface area contributed by atoms with Crippen molar-refractivity contribution in [2.24, 2.45) is 0 Å². The Bertz CT molecular complexity index is 779. The Morgan fingerprint density at radius 1 is 1.04 bits per heavy atom. The Kier molecular flexibility index (Phi) is 4.11. The third kappa shape index (κ3) is 3.29. The van der Waals surface area contributed by atoms with Gasteiger partial charge >= 0.3 is 0 Å². The number of para-hydroxylation sites is 1. The number of hydrogen-bond acceptors (Lipinski definition) is 5. The van der Waals surface area contributed by atoms with Crippen molar-refractivity contribution in [3.63, 3.8) is 0 Å². The van der Waals surface area contributed by atoms with E-state index in [-0.39, 0.29) is 0 Å². The Balaban J connectivity index is 1.62. The van der Waals surface area contributed by atoms with Crippen LogP contribution >= 0.6 is 11.3 Å². The van der Waals surface area contributed by atoms with Gasteiger partial charge in [-0.25, -0.2) is 4.98 Å². The summed E-state index contributed by atoms with van der Waals surface area (Å²) in [4.78, 5) is 10.7. The third-order valence-corrected chi connectivity index (χ3v) is 5.18. The quantitative estimate of drug-likeness (QED) is 0.717. The van der Waals surface area contributed by atoms with Crippen molar-refractivity contribution in [1.29, 1.82) is 0 Å². The average molecular weight is 324 g/mol. The number of rotatable bonds is 5. The molecule has 0 saturated heterocycles. The average Bonchev–Trinajstić information content (AvgIpc) is 3.27. The molecule has 1 saturated carbocycles. The van der Waals surface area contributed by atoms with Gasteiger partial charge in [-0.3, -0.25) is 0 Å². The summed E-state index contributed by atoms with van der Waals surface area (Å²) in [6, 6.07) is 12.9. The zero-order valence-corrected chi connectivity index (χ0v) is 13.8. The van der Waals surface area contributed by atoms with Crippen LogP contribution in [0.4, 0.5) is 11.8 Å². The molecule has 0 bridgehead atoms. The van der Waals surface area contributed by atoms with Crippen LogP contribution < -0.4 is 10.6 Å². The number of benzene rings is 1. The lowest BCUT2D eigenvalue weighted by Crippen LogP contribution is -2.16. The Morgan fingerprint density at radius 3 is 2.74 bits per heavy atom. The summed E-state index contributed by atoms with van der Waals surface area (Å²) in [6.45, 7) is 0.763. The second-order valence-corrected chi connectivity index (χ2v) is 7.00. The molecule has 1 aromatic carbocycles. The molecule has 1 fully saturated rings. The van der Waals surface area contributed by atoms with Crippen molar-refractivity contribution in [3.05, 3.63) is 46.7 Å². The van der Waals surface area contributed by atoms with Crippen molar-refractivity contribution in [3.8, 4) is 0 Å². The lowest BCUT2D eigenvalue weighted by molar-refractivity contribution is 0.751. The summed E-state index contributed by atoms with van der Waals surface area (Å²) < 4.78 is 0. The number of anilines is 2. The molecule has 0 spiro atoms. The predicted octanol–water partition coefficient (Wildman–Crippen LogP) is 4.66. The minimum absolute atomic E-state index is 0.540. The highest BCUT2D eigenvalue weighted by Gasteiger charge is 2.17. The van der Waals surface area contributed by atoms with Gasteiger partial charge in [-0.05, 0) is 36.4 Å². The van der Waals surface area contributed by atoms with Crippen LogP contribution in [0.25, 0.3) is 10.9 Å². The highest BCUT2D eigenvalue weighted by atomic mass is 32.1. The summed E-state index contributed by atoms with van der Waals surface area (Å²) in [7, 11) is 0. The molecule has 1 aliphatic rings. The van der Waals surface area contributed by atoms with E-state index in [4.69, 9.17) is 4.98 Å². The fourth-order valence-electron chi connectivity index (χ4n) is 3.11. The maximum Gasteiger partial charge on any atom is 0.225 e. The highest BCUT2D eigenvalue weighted by Crippen LogP contribution is 2.27.